The number of carbonyl (C=O) groups excluding carboxylic acids is 2. The predicted octanol–water partition coefficient (Wildman–Crippen LogP) is 4.79. The number of fused-ring (bicyclic) bond motifs is 2. The highest BCUT2D eigenvalue weighted by molar-refractivity contribution is 6.06. The molecule has 1 N–H and O–H groups in total. The molecule has 160 valence electrons. The predicted molar refractivity (Wildman–Crippen MR) is 123 cm³/mol. The summed E-state index contributed by atoms with van der Waals surface area (Å²) in [5, 5.41) is 4.99. The van der Waals surface area contributed by atoms with Gasteiger partial charge in [0, 0.05) is 23.6 Å². The lowest BCUT2D eigenvalue weighted by Gasteiger charge is -2.19. The van der Waals surface area contributed by atoms with Crippen molar-refractivity contribution in [3.05, 3.63) is 71.8 Å². The van der Waals surface area contributed by atoms with E-state index in [1.165, 1.54) is 12.5 Å². The molecule has 0 bridgehead atoms. The van der Waals surface area contributed by atoms with Crippen molar-refractivity contribution in [3.8, 4) is 5.75 Å². The maximum atomic E-state index is 13.1. The van der Waals surface area contributed by atoms with Crippen LogP contribution >= 0.6 is 0 Å². The molecule has 1 aliphatic heterocycles. The lowest BCUT2D eigenvalue weighted by molar-refractivity contribution is -0.126. The van der Waals surface area contributed by atoms with Crippen LogP contribution in [0.15, 0.2) is 60.7 Å². The Labute approximate surface area is 183 Å². The first kappa shape index (κ1) is 20.9. The van der Waals surface area contributed by atoms with Crippen LogP contribution in [-0.4, -0.2) is 25.0 Å². The first-order valence-electron chi connectivity index (χ1n) is 10.9. The van der Waals surface area contributed by atoms with Crippen molar-refractivity contribution in [1.29, 1.82) is 0 Å². The molecule has 3 aromatic carbocycles. The van der Waals surface area contributed by atoms with Crippen molar-refractivity contribution in [2.45, 2.75) is 39.2 Å². The van der Waals surface area contributed by atoms with Crippen LogP contribution in [0.4, 0.5) is 5.69 Å². The fourth-order valence-corrected chi connectivity index (χ4v) is 4.17. The van der Waals surface area contributed by atoms with Crippen molar-refractivity contribution in [2.24, 2.45) is 0 Å². The Kier molecular flexibility index (Phi) is 6.21. The molecule has 4 rings (SSSR count). The highest BCUT2D eigenvalue weighted by atomic mass is 16.5. The van der Waals surface area contributed by atoms with E-state index >= 15 is 0 Å². The van der Waals surface area contributed by atoms with Gasteiger partial charge in [-0.15, -0.1) is 0 Å². The molecule has 1 heterocycles. The Bertz CT molecular complexity index is 1100. The molecule has 0 aromatic heterocycles. The van der Waals surface area contributed by atoms with Crippen LogP contribution in [0.2, 0.25) is 0 Å². The van der Waals surface area contributed by atoms with E-state index in [0.29, 0.717) is 13.2 Å². The van der Waals surface area contributed by atoms with Gasteiger partial charge in [0.2, 0.25) is 5.91 Å². The van der Waals surface area contributed by atoms with Crippen LogP contribution in [0, 0.1) is 0 Å². The zero-order valence-electron chi connectivity index (χ0n) is 18.1. The topological polar surface area (TPSA) is 58.6 Å². The van der Waals surface area contributed by atoms with Gasteiger partial charge in [0.15, 0.2) is 0 Å². The van der Waals surface area contributed by atoms with E-state index < -0.39 is 6.04 Å². The summed E-state index contributed by atoms with van der Waals surface area (Å²) in [6.07, 6.45) is 3.18. The van der Waals surface area contributed by atoms with Crippen LogP contribution < -0.4 is 15.0 Å². The molecular weight excluding hydrogens is 388 g/mol. The third kappa shape index (κ3) is 4.41. The number of anilines is 1. The van der Waals surface area contributed by atoms with Crippen molar-refractivity contribution < 1.29 is 14.3 Å². The number of unbranched alkanes of at least 4 members (excludes halogenated alkanes) is 1. The molecule has 0 saturated heterocycles. The third-order valence-corrected chi connectivity index (χ3v) is 5.70. The number of nitrogens with zero attached hydrogens (tertiary/aromatic N) is 1. The SMILES string of the molecule is CCCCc1ccc2c(c1)[C@@H](NC(C)=O)C(=O)N2CCOc1cccc2ccccc12. The molecule has 5 heteroatoms. The zero-order chi connectivity index (χ0) is 21.8. The average molecular weight is 417 g/mol. The standard InChI is InChI=1S/C26H28N2O3/c1-3-4-8-19-13-14-23-22(17-19)25(27-18(2)29)26(30)28(23)15-16-31-24-12-7-10-20-9-5-6-11-21(20)24/h5-7,9-14,17,25H,3-4,8,15-16H2,1-2H3,(H,27,29)/t25-/m1/s1. The van der Waals surface area contributed by atoms with Crippen LogP contribution in [0.25, 0.3) is 10.8 Å². The molecule has 3 aromatic rings. The molecule has 0 radical (unpaired) electrons. The Morgan fingerprint density at radius 3 is 2.71 bits per heavy atom. The van der Waals surface area contributed by atoms with Gasteiger partial charge in [-0.2, -0.15) is 0 Å². The maximum absolute atomic E-state index is 13.1. The quantitative estimate of drug-likeness (QED) is 0.575. The zero-order valence-corrected chi connectivity index (χ0v) is 18.1. The van der Waals surface area contributed by atoms with Crippen LogP contribution in [0.1, 0.15) is 43.9 Å². The van der Waals surface area contributed by atoms with Gasteiger partial charge in [-0.1, -0.05) is 61.9 Å². The molecule has 2 amide bonds. The van der Waals surface area contributed by atoms with Gasteiger partial charge in [0.25, 0.3) is 5.91 Å². The molecule has 31 heavy (non-hydrogen) atoms. The molecule has 0 saturated carbocycles. The molecule has 5 nitrogen and oxygen atoms in total. The first-order chi connectivity index (χ1) is 15.1. The number of amides is 2. The van der Waals surface area contributed by atoms with Gasteiger partial charge >= 0.3 is 0 Å². The summed E-state index contributed by atoms with van der Waals surface area (Å²) in [6, 6.07) is 19.6. The minimum Gasteiger partial charge on any atom is -0.491 e. The summed E-state index contributed by atoms with van der Waals surface area (Å²) >= 11 is 0. The van der Waals surface area contributed by atoms with E-state index in [4.69, 9.17) is 4.74 Å². The number of hydrogen-bond acceptors (Lipinski definition) is 3. The Morgan fingerprint density at radius 1 is 1.10 bits per heavy atom. The summed E-state index contributed by atoms with van der Waals surface area (Å²) in [4.78, 5) is 26.6. The van der Waals surface area contributed by atoms with Crippen molar-refractivity contribution >= 4 is 28.3 Å². The minimum atomic E-state index is -0.633. The van der Waals surface area contributed by atoms with E-state index in [2.05, 4.69) is 36.5 Å². The monoisotopic (exact) mass is 416 g/mol. The van der Waals surface area contributed by atoms with Crippen molar-refractivity contribution in [3.63, 3.8) is 0 Å². The van der Waals surface area contributed by atoms with Gasteiger partial charge in [-0.3, -0.25) is 9.59 Å². The number of carbonyl (C=O) groups is 2. The van der Waals surface area contributed by atoms with Crippen LogP contribution in [0.3, 0.4) is 0 Å². The molecule has 0 fully saturated rings. The van der Waals surface area contributed by atoms with Crippen molar-refractivity contribution in [2.75, 3.05) is 18.1 Å². The highest BCUT2D eigenvalue weighted by Crippen LogP contribution is 2.37. The summed E-state index contributed by atoms with van der Waals surface area (Å²) in [5.41, 5.74) is 2.92. The minimum absolute atomic E-state index is 0.112. The van der Waals surface area contributed by atoms with Gasteiger partial charge in [0.1, 0.15) is 18.4 Å². The second-order valence-electron chi connectivity index (χ2n) is 7.95. The van der Waals surface area contributed by atoms with E-state index in [1.54, 1.807) is 4.90 Å². The normalized spacial score (nSPS) is 15.2. The van der Waals surface area contributed by atoms with Gasteiger partial charge in [0.05, 0.1) is 6.54 Å². The maximum Gasteiger partial charge on any atom is 0.254 e. The molecule has 0 unspecified atom stereocenters. The average Bonchev–Trinajstić information content (AvgIpc) is 3.03. The van der Waals surface area contributed by atoms with E-state index in [9.17, 15) is 9.59 Å². The molecular formula is C26H28N2O3. The van der Waals surface area contributed by atoms with Gasteiger partial charge < -0.3 is 15.0 Å². The Hall–Kier alpha value is -3.34. The second-order valence-corrected chi connectivity index (χ2v) is 7.95. The fourth-order valence-electron chi connectivity index (χ4n) is 4.17. The summed E-state index contributed by atoms with van der Waals surface area (Å²) < 4.78 is 6.06. The molecule has 0 aliphatic carbocycles. The van der Waals surface area contributed by atoms with Crippen molar-refractivity contribution in [1.82, 2.24) is 5.32 Å². The largest absolute Gasteiger partial charge is 0.491 e. The lowest BCUT2D eigenvalue weighted by Crippen LogP contribution is -2.38. The van der Waals surface area contributed by atoms with E-state index in [1.807, 2.05) is 36.4 Å². The number of ether oxygens (including phenoxy) is 1. The fraction of sp³-hybridized carbons (Fsp3) is 0.308. The molecule has 1 atom stereocenters. The number of benzene rings is 3. The Balaban J connectivity index is 1.53. The van der Waals surface area contributed by atoms with Crippen LogP contribution in [-0.2, 0) is 16.0 Å². The summed E-state index contributed by atoms with van der Waals surface area (Å²) in [5.74, 6) is 0.481. The number of nitrogens with one attached hydrogen (secondary N) is 1. The first-order valence-corrected chi connectivity index (χ1v) is 10.9. The van der Waals surface area contributed by atoms with Gasteiger partial charge in [-0.25, -0.2) is 0 Å². The summed E-state index contributed by atoms with van der Waals surface area (Å²) in [6.45, 7) is 4.39. The number of aryl methyl sites for hydroxylation is 1. The third-order valence-electron chi connectivity index (χ3n) is 5.70. The second kappa shape index (κ2) is 9.21. The smallest absolute Gasteiger partial charge is 0.254 e. The highest BCUT2D eigenvalue weighted by Gasteiger charge is 2.37. The van der Waals surface area contributed by atoms with Crippen LogP contribution in [0.5, 0.6) is 5.75 Å². The van der Waals surface area contributed by atoms with E-state index in [0.717, 1.165) is 47.0 Å². The number of rotatable bonds is 8. The lowest BCUT2D eigenvalue weighted by atomic mass is 10.0. The molecule has 0 spiro atoms. The van der Waals surface area contributed by atoms with Gasteiger partial charge in [-0.05, 0) is 35.9 Å². The molecule has 1 aliphatic rings. The number of hydrogen-bond donors (Lipinski definition) is 1. The van der Waals surface area contributed by atoms with E-state index in [-0.39, 0.29) is 11.8 Å². The Morgan fingerprint density at radius 2 is 1.90 bits per heavy atom. The summed E-state index contributed by atoms with van der Waals surface area (Å²) in [7, 11) is 0.